The van der Waals surface area contributed by atoms with Crippen LogP contribution in [0.25, 0.3) is 0 Å². The Labute approximate surface area is 104 Å². The number of carbonyl (C=O) groups excluding carboxylic acids is 1. The number of fused-ring (bicyclic) bond motifs is 1. The summed E-state index contributed by atoms with van der Waals surface area (Å²) in [6.45, 7) is 0. The molecule has 5 nitrogen and oxygen atoms in total. The first-order chi connectivity index (χ1) is 8.66. The summed E-state index contributed by atoms with van der Waals surface area (Å²) < 4.78 is 0. The molecule has 2 atom stereocenters. The Kier molecular flexibility index (Phi) is 2.54. The molecule has 0 radical (unpaired) electrons. The molecule has 2 N–H and O–H groups in total. The number of aromatic carboxylic acids is 1. The zero-order valence-corrected chi connectivity index (χ0v) is 9.80. The molecule has 2 unspecified atom stereocenters. The summed E-state index contributed by atoms with van der Waals surface area (Å²) in [6, 6.07) is 1.44. The van der Waals surface area contributed by atoms with Gasteiger partial charge in [0.15, 0.2) is 0 Å². The minimum atomic E-state index is -1.04. The van der Waals surface area contributed by atoms with Crippen LogP contribution in [0.2, 0.25) is 0 Å². The molecule has 1 heterocycles. The summed E-state index contributed by atoms with van der Waals surface area (Å²) in [6.07, 6.45) is 6.27. The maximum absolute atomic E-state index is 12.0. The number of amides is 1. The van der Waals surface area contributed by atoms with Crippen LogP contribution in [-0.4, -0.2) is 22.0 Å². The standard InChI is InChI=1S/C13H14N2O3/c16-12(11-9-2-1-3-10(9)11)15-8-4-7(13(17)18)5-14-6-8/h4-6,9-11H,1-3H2,(H,15,16)(H,17,18). The molecule has 0 saturated heterocycles. The molecule has 2 fully saturated rings. The van der Waals surface area contributed by atoms with Crippen molar-refractivity contribution < 1.29 is 14.7 Å². The number of carboxylic acid groups (broad SMARTS) is 1. The third-order valence-corrected chi connectivity index (χ3v) is 3.96. The summed E-state index contributed by atoms with van der Waals surface area (Å²) in [5, 5.41) is 11.6. The van der Waals surface area contributed by atoms with Crippen molar-refractivity contribution in [2.75, 3.05) is 5.32 Å². The van der Waals surface area contributed by atoms with Gasteiger partial charge in [-0.25, -0.2) is 4.79 Å². The van der Waals surface area contributed by atoms with Crippen LogP contribution >= 0.6 is 0 Å². The number of pyridine rings is 1. The van der Waals surface area contributed by atoms with Gasteiger partial charge in [-0.15, -0.1) is 0 Å². The molecular weight excluding hydrogens is 232 g/mol. The Morgan fingerprint density at radius 3 is 2.67 bits per heavy atom. The summed E-state index contributed by atoms with van der Waals surface area (Å²) in [5.74, 6) is 0.212. The van der Waals surface area contributed by atoms with Crippen LogP contribution in [0.15, 0.2) is 18.5 Å². The highest BCUT2D eigenvalue weighted by atomic mass is 16.4. The summed E-state index contributed by atoms with van der Waals surface area (Å²) in [7, 11) is 0. The zero-order valence-electron chi connectivity index (χ0n) is 9.80. The Balaban J connectivity index is 1.67. The summed E-state index contributed by atoms with van der Waals surface area (Å²) in [5.41, 5.74) is 0.550. The molecule has 94 valence electrons. The minimum absolute atomic E-state index is 0.00837. The average Bonchev–Trinajstić information content (AvgIpc) is 2.84. The predicted molar refractivity (Wildman–Crippen MR) is 64.1 cm³/mol. The number of carboxylic acids is 1. The van der Waals surface area contributed by atoms with Crippen LogP contribution in [0.1, 0.15) is 29.6 Å². The van der Waals surface area contributed by atoms with Gasteiger partial charge in [-0.2, -0.15) is 0 Å². The smallest absolute Gasteiger partial charge is 0.337 e. The molecule has 0 bridgehead atoms. The van der Waals surface area contributed by atoms with Crippen LogP contribution in [0.3, 0.4) is 0 Å². The van der Waals surface area contributed by atoms with Gasteiger partial charge in [0, 0.05) is 12.1 Å². The van der Waals surface area contributed by atoms with Gasteiger partial charge in [-0.05, 0) is 30.7 Å². The second-order valence-corrected chi connectivity index (χ2v) is 5.04. The maximum Gasteiger partial charge on any atom is 0.337 e. The van der Waals surface area contributed by atoms with E-state index in [1.165, 1.54) is 24.9 Å². The molecule has 0 aromatic carbocycles. The Hall–Kier alpha value is -1.91. The zero-order chi connectivity index (χ0) is 12.7. The monoisotopic (exact) mass is 246 g/mol. The first-order valence-electron chi connectivity index (χ1n) is 6.16. The van der Waals surface area contributed by atoms with Crippen molar-refractivity contribution in [2.24, 2.45) is 17.8 Å². The van der Waals surface area contributed by atoms with Crippen LogP contribution in [0.4, 0.5) is 5.69 Å². The number of carbonyl (C=O) groups is 2. The van der Waals surface area contributed by atoms with E-state index in [0.717, 1.165) is 12.8 Å². The van der Waals surface area contributed by atoms with Gasteiger partial charge in [0.2, 0.25) is 5.91 Å². The molecule has 5 heteroatoms. The van der Waals surface area contributed by atoms with Crippen molar-refractivity contribution in [3.05, 3.63) is 24.0 Å². The van der Waals surface area contributed by atoms with Gasteiger partial charge < -0.3 is 10.4 Å². The average molecular weight is 246 g/mol. The van der Waals surface area contributed by atoms with Gasteiger partial charge in [0.05, 0.1) is 17.4 Å². The molecule has 1 amide bonds. The molecular formula is C13H14N2O3. The fourth-order valence-electron chi connectivity index (χ4n) is 3.06. The molecule has 1 aromatic heterocycles. The quantitative estimate of drug-likeness (QED) is 0.851. The van der Waals surface area contributed by atoms with Crippen molar-refractivity contribution in [3.63, 3.8) is 0 Å². The number of aromatic nitrogens is 1. The highest BCUT2D eigenvalue weighted by Crippen LogP contribution is 2.57. The third kappa shape index (κ3) is 1.85. The van der Waals surface area contributed by atoms with E-state index in [2.05, 4.69) is 10.3 Å². The lowest BCUT2D eigenvalue weighted by Gasteiger charge is -2.06. The predicted octanol–water partition coefficient (Wildman–Crippen LogP) is 1.76. The van der Waals surface area contributed by atoms with Crippen LogP contribution < -0.4 is 5.32 Å². The van der Waals surface area contributed by atoms with Gasteiger partial charge in [-0.1, -0.05) is 6.42 Å². The fourth-order valence-corrected chi connectivity index (χ4v) is 3.06. The number of hydrogen-bond acceptors (Lipinski definition) is 3. The van der Waals surface area contributed by atoms with Gasteiger partial charge in [-0.3, -0.25) is 9.78 Å². The second kappa shape index (κ2) is 4.08. The van der Waals surface area contributed by atoms with Gasteiger partial charge in [0.1, 0.15) is 0 Å². The third-order valence-electron chi connectivity index (χ3n) is 3.96. The lowest BCUT2D eigenvalue weighted by Crippen LogP contribution is -2.17. The van der Waals surface area contributed by atoms with Crippen molar-refractivity contribution >= 4 is 17.6 Å². The van der Waals surface area contributed by atoms with Crippen molar-refractivity contribution in [1.82, 2.24) is 4.98 Å². The van der Waals surface area contributed by atoms with E-state index in [4.69, 9.17) is 5.11 Å². The minimum Gasteiger partial charge on any atom is -0.478 e. The van der Waals surface area contributed by atoms with E-state index in [1.807, 2.05) is 0 Å². The van der Waals surface area contributed by atoms with E-state index in [-0.39, 0.29) is 17.4 Å². The maximum atomic E-state index is 12.0. The second-order valence-electron chi connectivity index (χ2n) is 5.04. The highest BCUT2D eigenvalue weighted by Gasteiger charge is 2.56. The molecule has 1 aromatic rings. The van der Waals surface area contributed by atoms with Gasteiger partial charge in [0.25, 0.3) is 0 Å². The number of rotatable bonds is 3. The summed E-state index contributed by atoms with van der Waals surface area (Å²) in [4.78, 5) is 26.6. The Bertz CT molecular complexity index is 505. The first kappa shape index (κ1) is 11.2. The molecule has 3 rings (SSSR count). The highest BCUT2D eigenvalue weighted by molar-refractivity contribution is 5.96. The van der Waals surface area contributed by atoms with Gasteiger partial charge >= 0.3 is 5.97 Å². The van der Waals surface area contributed by atoms with E-state index in [9.17, 15) is 9.59 Å². The van der Waals surface area contributed by atoms with Crippen LogP contribution in [0.5, 0.6) is 0 Å². The molecule has 0 spiro atoms. The number of hydrogen-bond donors (Lipinski definition) is 2. The first-order valence-corrected chi connectivity index (χ1v) is 6.16. The lowest BCUT2D eigenvalue weighted by molar-refractivity contribution is -0.118. The molecule has 18 heavy (non-hydrogen) atoms. The summed E-state index contributed by atoms with van der Waals surface area (Å²) >= 11 is 0. The van der Waals surface area contributed by atoms with Crippen molar-refractivity contribution in [3.8, 4) is 0 Å². The SMILES string of the molecule is O=C(O)c1cncc(NC(=O)C2C3CCCC32)c1. The normalized spacial score (nSPS) is 28.6. The topological polar surface area (TPSA) is 79.3 Å². The van der Waals surface area contributed by atoms with E-state index in [1.54, 1.807) is 0 Å². The fraction of sp³-hybridized carbons (Fsp3) is 0.462. The van der Waals surface area contributed by atoms with E-state index < -0.39 is 5.97 Å². The molecule has 2 aliphatic rings. The number of nitrogens with zero attached hydrogens (tertiary/aromatic N) is 1. The van der Waals surface area contributed by atoms with Crippen LogP contribution in [-0.2, 0) is 4.79 Å². The molecule has 0 aliphatic heterocycles. The Morgan fingerprint density at radius 2 is 2.00 bits per heavy atom. The molecule has 2 saturated carbocycles. The van der Waals surface area contributed by atoms with Crippen LogP contribution in [0, 0.1) is 17.8 Å². The molecule has 2 aliphatic carbocycles. The largest absolute Gasteiger partial charge is 0.478 e. The van der Waals surface area contributed by atoms with Crippen molar-refractivity contribution in [1.29, 1.82) is 0 Å². The van der Waals surface area contributed by atoms with Crippen molar-refractivity contribution in [2.45, 2.75) is 19.3 Å². The van der Waals surface area contributed by atoms with E-state index in [0.29, 0.717) is 17.5 Å². The van der Waals surface area contributed by atoms with E-state index >= 15 is 0 Å². The lowest BCUT2D eigenvalue weighted by atomic mass is 10.1. The number of nitrogens with one attached hydrogen (secondary N) is 1. The number of anilines is 1. The Morgan fingerprint density at radius 1 is 1.28 bits per heavy atom.